The van der Waals surface area contributed by atoms with Crippen molar-refractivity contribution in [3.8, 4) is 5.88 Å². The molecule has 3 nitrogen and oxygen atoms in total. The van der Waals surface area contributed by atoms with E-state index in [1.807, 2.05) is 13.8 Å². The van der Waals surface area contributed by atoms with Crippen molar-refractivity contribution in [2.45, 2.75) is 39.0 Å². The van der Waals surface area contributed by atoms with Crippen LogP contribution in [0.1, 0.15) is 32.5 Å². The van der Waals surface area contributed by atoms with Gasteiger partial charge in [0, 0.05) is 12.0 Å². The van der Waals surface area contributed by atoms with Gasteiger partial charge in [-0.3, -0.25) is 0 Å². The van der Waals surface area contributed by atoms with Gasteiger partial charge in [-0.15, -0.1) is 0 Å². The molecule has 0 aliphatic rings. The number of ether oxygens (including phenoxy) is 1. The van der Waals surface area contributed by atoms with Crippen molar-refractivity contribution in [2.75, 3.05) is 0 Å². The smallest absolute Gasteiger partial charge is 0.425 e. The third kappa shape index (κ3) is 4.14. The summed E-state index contributed by atoms with van der Waals surface area (Å²) in [5, 5.41) is 0. The molecular formula is C10H12BrF3N2O. The van der Waals surface area contributed by atoms with E-state index in [-0.39, 0.29) is 11.8 Å². The number of hydrogen-bond acceptors (Lipinski definition) is 3. The number of rotatable bonds is 3. The van der Waals surface area contributed by atoms with Gasteiger partial charge in [-0.05, 0) is 22.9 Å². The van der Waals surface area contributed by atoms with E-state index in [9.17, 15) is 13.2 Å². The summed E-state index contributed by atoms with van der Waals surface area (Å²) < 4.78 is 42.1. The van der Waals surface area contributed by atoms with Gasteiger partial charge in [0.2, 0.25) is 5.88 Å². The van der Waals surface area contributed by atoms with Crippen molar-refractivity contribution in [2.24, 2.45) is 0 Å². The summed E-state index contributed by atoms with van der Waals surface area (Å²) in [6.07, 6.45) is -6.31. The first kappa shape index (κ1) is 14.2. The van der Waals surface area contributed by atoms with E-state index >= 15 is 0 Å². The Hall–Kier alpha value is -0.850. The molecule has 0 aliphatic heterocycles. The Bertz CT molecular complexity index is 396. The quantitative estimate of drug-likeness (QED) is 0.798. The zero-order valence-corrected chi connectivity index (χ0v) is 11.1. The summed E-state index contributed by atoms with van der Waals surface area (Å²) in [5.41, 5.74) is 0. The Morgan fingerprint density at radius 2 is 1.82 bits per heavy atom. The number of nitrogens with zero attached hydrogens (tertiary/aromatic N) is 2. The molecule has 0 saturated heterocycles. The van der Waals surface area contributed by atoms with Gasteiger partial charge in [-0.25, -0.2) is 4.98 Å². The highest BCUT2D eigenvalue weighted by molar-refractivity contribution is 9.10. The average molecular weight is 313 g/mol. The van der Waals surface area contributed by atoms with Gasteiger partial charge in [-0.1, -0.05) is 13.8 Å². The normalized spacial score (nSPS) is 13.9. The third-order valence-electron chi connectivity index (χ3n) is 1.96. The van der Waals surface area contributed by atoms with Crippen LogP contribution in [0.4, 0.5) is 13.2 Å². The van der Waals surface area contributed by atoms with Crippen LogP contribution in [-0.4, -0.2) is 22.2 Å². The van der Waals surface area contributed by atoms with E-state index in [2.05, 4.69) is 25.9 Å². The van der Waals surface area contributed by atoms with Crippen molar-refractivity contribution >= 4 is 15.9 Å². The maximum atomic E-state index is 12.3. The Morgan fingerprint density at radius 1 is 1.24 bits per heavy atom. The molecule has 0 aromatic carbocycles. The van der Waals surface area contributed by atoms with Crippen LogP contribution in [0.5, 0.6) is 5.88 Å². The van der Waals surface area contributed by atoms with E-state index < -0.39 is 12.3 Å². The van der Waals surface area contributed by atoms with Crippen LogP contribution in [0.25, 0.3) is 0 Å². The first-order valence-corrected chi connectivity index (χ1v) is 5.77. The third-order valence-corrected chi connectivity index (χ3v) is 2.37. The molecule has 1 unspecified atom stereocenters. The zero-order chi connectivity index (χ0) is 13.2. The van der Waals surface area contributed by atoms with Crippen molar-refractivity contribution in [1.82, 2.24) is 9.97 Å². The summed E-state index contributed by atoms with van der Waals surface area (Å²) in [5.74, 6) is 0.361. The molecule has 0 fully saturated rings. The second kappa shape index (κ2) is 5.20. The minimum Gasteiger partial charge on any atom is -0.465 e. The molecule has 0 amide bonds. The number of aromatic nitrogens is 2. The van der Waals surface area contributed by atoms with Crippen LogP contribution >= 0.6 is 15.9 Å². The molecule has 17 heavy (non-hydrogen) atoms. The number of halogens is 4. The summed E-state index contributed by atoms with van der Waals surface area (Å²) in [7, 11) is 0. The molecule has 1 atom stereocenters. The molecule has 1 rings (SSSR count). The molecule has 1 aromatic rings. The monoisotopic (exact) mass is 312 g/mol. The number of hydrogen-bond donors (Lipinski definition) is 0. The summed E-state index contributed by atoms with van der Waals surface area (Å²) in [6, 6.07) is 1.31. The Balaban J connectivity index is 2.92. The first-order valence-electron chi connectivity index (χ1n) is 4.98. The topological polar surface area (TPSA) is 35.0 Å². The van der Waals surface area contributed by atoms with Gasteiger partial charge < -0.3 is 4.74 Å². The molecule has 7 heteroatoms. The predicted molar refractivity (Wildman–Crippen MR) is 60.0 cm³/mol. The van der Waals surface area contributed by atoms with E-state index in [1.165, 1.54) is 6.07 Å². The van der Waals surface area contributed by atoms with Crippen molar-refractivity contribution < 1.29 is 17.9 Å². The van der Waals surface area contributed by atoms with E-state index in [0.717, 1.165) is 6.92 Å². The van der Waals surface area contributed by atoms with Crippen molar-refractivity contribution in [3.05, 3.63) is 16.5 Å². The Morgan fingerprint density at radius 3 is 2.29 bits per heavy atom. The second-order valence-electron chi connectivity index (χ2n) is 3.84. The molecular weight excluding hydrogens is 301 g/mol. The fourth-order valence-electron chi connectivity index (χ4n) is 0.980. The highest BCUT2D eigenvalue weighted by Gasteiger charge is 2.38. The summed E-state index contributed by atoms with van der Waals surface area (Å²) in [4.78, 5) is 7.97. The average Bonchev–Trinajstić information content (AvgIpc) is 2.14. The Kier molecular flexibility index (Phi) is 4.35. The summed E-state index contributed by atoms with van der Waals surface area (Å²) in [6.45, 7) is 4.63. The minimum atomic E-state index is -4.41. The van der Waals surface area contributed by atoms with Crippen LogP contribution < -0.4 is 4.74 Å². The zero-order valence-electron chi connectivity index (χ0n) is 9.55. The van der Waals surface area contributed by atoms with Gasteiger partial charge >= 0.3 is 6.18 Å². The van der Waals surface area contributed by atoms with Crippen molar-refractivity contribution in [3.63, 3.8) is 0 Å². The lowest BCUT2D eigenvalue weighted by molar-refractivity contribution is -0.190. The van der Waals surface area contributed by atoms with Gasteiger partial charge in [0.15, 0.2) is 6.10 Å². The van der Waals surface area contributed by atoms with Crippen LogP contribution in [0.2, 0.25) is 0 Å². The van der Waals surface area contributed by atoms with Gasteiger partial charge in [0.1, 0.15) is 10.4 Å². The standard InChI is InChI=1S/C10H12BrF3N2O/c1-5(2)9-15-7(11)4-8(16-9)17-6(3)10(12,13)14/h4-6H,1-3H3. The molecule has 0 aliphatic carbocycles. The van der Waals surface area contributed by atoms with Gasteiger partial charge in [0.05, 0.1) is 0 Å². The lowest BCUT2D eigenvalue weighted by Crippen LogP contribution is -2.31. The molecule has 0 saturated carbocycles. The SMILES string of the molecule is CC(C)c1nc(Br)cc(OC(C)C(F)(F)F)n1. The molecule has 0 bridgehead atoms. The first-order chi connectivity index (χ1) is 7.70. The van der Waals surface area contributed by atoms with Crippen LogP contribution in [0.3, 0.4) is 0 Å². The van der Waals surface area contributed by atoms with E-state index in [1.54, 1.807) is 0 Å². The predicted octanol–water partition coefficient (Wildman–Crippen LogP) is 3.69. The maximum Gasteiger partial charge on any atom is 0.425 e. The lowest BCUT2D eigenvalue weighted by atomic mass is 10.2. The molecule has 0 radical (unpaired) electrons. The molecule has 1 heterocycles. The molecule has 1 aromatic heterocycles. The van der Waals surface area contributed by atoms with Gasteiger partial charge in [-0.2, -0.15) is 18.2 Å². The fraction of sp³-hybridized carbons (Fsp3) is 0.600. The molecule has 96 valence electrons. The van der Waals surface area contributed by atoms with Gasteiger partial charge in [0.25, 0.3) is 0 Å². The molecule has 0 N–H and O–H groups in total. The Labute approximate surface area is 106 Å². The second-order valence-corrected chi connectivity index (χ2v) is 4.66. The largest absolute Gasteiger partial charge is 0.465 e. The fourth-order valence-corrected chi connectivity index (χ4v) is 1.36. The number of alkyl halides is 3. The maximum absolute atomic E-state index is 12.3. The highest BCUT2D eigenvalue weighted by atomic mass is 79.9. The van der Waals surface area contributed by atoms with E-state index in [0.29, 0.717) is 10.4 Å². The summed E-state index contributed by atoms with van der Waals surface area (Å²) >= 11 is 3.11. The minimum absolute atomic E-state index is 0.0102. The van der Waals surface area contributed by atoms with Crippen LogP contribution in [0, 0.1) is 0 Å². The van der Waals surface area contributed by atoms with Crippen molar-refractivity contribution in [1.29, 1.82) is 0 Å². The lowest BCUT2D eigenvalue weighted by Gasteiger charge is -2.17. The highest BCUT2D eigenvalue weighted by Crippen LogP contribution is 2.26. The van der Waals surface area contributed by atoms with E-state index in [4.69, 9.17) is 4.74 Å². The van der Waals surface area contributed by atoms with Crippen LogP contribution in [-0.2, 0) is 0 Å². The van der Waals surface area contributed by atoms with Crippen LogP contribution in [0.15, 0.2) is 10.7 Å². The molecule has 0 spiro atoms.